The van der Waals surface area contributed by atoms with Crippen molar-refractivity contribution in [2.24, 2.45) is 5.73 Å². The smallest absolute Gasteiger partial charge is 0.223 e. The molecular formula is C16H23BrN2O. The van der Waals surface area contributed by atoms with E-state index in [0.717, 1.165) is 30.3 Å². The fourth-order valence-corrected chi connectivity index (χ4v) is 3.47. The van der Waals surface area contributed by atoms with E-state index in [1.807, 2.05) is 23.1 Å². The monoisotopic (exact) mass is 338 g/mol. The van der Waals surface area contributed by atoms with Gasteiger partial charge in [-0.05, 0) is 44.7 Å². The highest BCUT2D eigenvalue weighted by atomic mass is 79.9. The quantitative estimate of drug-likeness (QED) is 0.920. The van der Waals surface area contributed by atoms with Crippen LogP contribution in [0.4, 0.5) is 0 Å². The summed E-state index contributed by atoms with van der Waals surface area (Å²) in [6.45, 7) is 5.01. The number of halogens is 1. The first kappa shape index (κ1) is 15.5. The maximum Gasteiger partial charge on any atom is 0.223 e. The van der Waals surface area contributed by atoms with Crippen LogP contribution in [0, 0.1) is 0 Å². The van der Waals surface area contributed by atoms with Crippen molar-refractivity contribution < 1.29 is 4.79 Å². The van der Waals surface area contributed by atoms with Gasteiger partial charge in [-0.15, -0.1) is 0 Å². The van der Waals surface area contributed by atoms with E-state index < -0.39 is 0 Å². The highest BCUT2D eigenvalue weighted by Crippen LogP contribution is 2.28. The molecule has 1 fully saturated rings. The molecule has 0 saturated carbocycles. The van der Waals surface area contributed by atoms with Crippen LogP contribution < -0.4 is 5.73 Å². The molecule has 1 amide bonds. The molecule has 0 aliphatic carbocycles. The van der Waals surface area contributed by atoms with E-state index in [2.05, 4.69) is 35.8 Å². The summed E-state index contributed by atoms with van der Waals surface area (Å²) in [7, 11) is 0. The summed E-state index contributed by atoms with van der Waals surface area (Å²) in [5.74, 6) is 0.234. The zero-order valence-electron chi connectivity index (χ0n) is 12.2. The van der Waals surface area contributed by atoms with Crippen LogP contribution >= 0.6 is 15.9 Å². The van der Waals surface area contributed by atoms with Crippen molar-refractivity contribution in [3.05, 3.63) is 34.3 Å². The molecule has 0 aromatic heterocycles. The molecule has 0 spiro atoms. The third-order valence-corrected chi connectivity index (χ3v) is 4.86. The standard InChI is InChI=1S/C16H23BrN2O/c1-16(2)11-13(18)9-10-19(16)15(20)8-7-12-5-3-4-6-14(12)17/h3-6,13H,7-11,18H2,1-2H3. The largest absolute Gasteiger partial charge is 0.337 e. The highest BCUT2D eigenvalue weighted by molar-refractivity contribution is 9.10. The SMILES string of the molecule is CC1(C)CC(N)CCN1C(=O)CCc1ccccc1Br. The lowest BCUT2D eigenvalue weighted by Crippen LogP contribution is -2.55. The summed E-state index contributed by atoms with van der Waals surface area (Å²) in [5.41, 5.74) is 7.08. The molecule has 1 aromatic carbocycles. The molecule has 1 aromatic rings. The van der Waals surface area contributed by atoms with Crippen molar-refractivity contribution in [3.63, 3.8) is 0 Å². The number of nitrogens with zero attached hydrogens (tertiary/aromatic N) is 1. The van der Waals surface area contributed by atoms with E-state index in [9.17, 15) is 4.79 Å². The second kappa shape index (κ2) is 6.27. The number of rotatable bonds is 3. The number of hydrogen-bond acceptors (Lipinski definition) is 2. The molecule has 1 heterocycles. The van der Waals surface area contributed by atoms with E-state index in [1.54, 1.807) is 0 Å². The maximum atomic E-state index is 12.5. The fraction of sp³-hybridized carbons (Fsp3) is 0.562. The first-order valence-electron chi connectivity index (χ1n) is 7.19. The van der Waals surface area contributed by atoms with Crippen LogP contribution in [0.15, 0.2) is 28.7 Å². The van der Waals surface area contributed by atoms with E-state index in [-0.39, 0.29) is 17.5 Å². The number of nitrogens with two attached hydrogens (primary N) is 1. The predicted molar refractivity (Wildman–Crippen MR) is 85.5 cm³/mol. The molecule has 2 N–H and O–H groups in total. The van der Waals surface area contributed by atoms with Gasteiger partial charge in [0.25, 0.3) is 0 Å². The van der Waals surface area contributed by atoms with Gasteiger partial charge < -0.3 is 10.6 Å². The Labute approximate surface area is 129 Å². The number of likely N-dealkylation sites (tertiary alicyclic amines) is 1. The fourth-order valence-electron chi connectivity index (χ4n) is 2.99. The summed E-state index contributed by atoms with van der Waals surface area (Å²) in [5, 5.41) is 0. The number of amides is 1. The van der Waals surface area contributed by atoms with Crippen LogP contribution in [0.5, 0.6) is 0 Å². The molecule has 3 nitrogen and oxygen atoms in total. The third-order valence-electron chi connectivity index (χ3n) is 4.08. The lowest BCUT2D eigenvalue weighted by atomic mass is 9.87. The van der Waals surface area contributed by atoms with Gasteiger partial charge in [-0.1, -0.05) is 34.1 Å². The molecular weight excluding hydrogens is 316 g/mol. The van der Waals surface area contributed by atoms with Crippen LogP contribution in [0.3, 0.4) is 0 Å². The number of carbonyl (C=O) groups excluding carboxylic acids is 1. The molecule has 110 valence electrons. The molecule has 1 saturated heterocycles. The van der Waals surface area contributed by atoms with Gasteiger partial charge in [0.2, 0.25) is 5.91 Å². The number of benzene rings is 1. The second-order valence-electron chi connectivity index (χ2n) is 6.20. The first-order chi connectivity index (χ1) is 9.40. The van der Waals surface area contributed by atoms with Crippen LogP contribution in [0.25, 0.3) is 0 Å². The Bertz CT molecular complexity index is 487. The summed E-state index contributed by atoms with van der Waals surface area (Å²) < 4.78 is 1.08. The Kier molecular flexibility index (Phi) is 4.86. The minimum atomic E-state index is -0.122. The Morgan fingerprint density at radius 3 is 2.80 bits per heavy atom. The molecule has 1 aliphatic rings. The lowest BCUT2D eigenvalue weighted by Gasteiger charge is -2.45. The average molecular weight is 339 g/mol. The summed E-state index contributed by atoms with van der Waals surface area (Å²) in [6.07, 6.45) is 3.12. The minimum Gasteiger partial charge on any atom is -0.337 e. The summed E-state index contributed by atoms with van der Waals surface area (Å²) in [6, 6.07) is 8.30. The number of aryl methyl sites for hydroxylation is 1. The summed E-state index contributed by atoms with van der Waals surface area (Å²) >= 11 is 3.53. The maximum absolute atomic E-state index is 12.5. The van der Waals surface area contributed by atoms with Crippen molar-refractivity contribution in [2.45, 2.75) is 51.1 Å². The Morgan fingerprint density at radius 1 is 1.45 bits per heavy atom. The van der Waals surface area contributed by atoms with E-state index in [1.165, 1.54) is 5.56 Å². The van der Waals surface area contributed by atoms with E-state index >= 15 is 0 Å². The van der Waals surface area contributed by atoms with Crippen molar-refractivity contribution in [1.29, 1.82) is 0 Å². The predicted octanol–water partition coefficient (Wildman–Crippen LogP) is 3.11. The van der Waals surface area contributed by atoms with Crippen LogP contribution in [-0.4, -0.2) is 28.9 Å². The summed E-state index contributed by atoms with van der Waals surface area (Å²) in [4.78, 5) is 14.5. The first-order valence-corrected chi connectivity index (χ1v) is 7.99. The minimum absolute atomic E-state index is 0.122. The van der Waals surface area contributed by atoms with Gasteiger partial charge in [0, 0.05) is 29.0 Å². The normalized spacial score (nSPS) is 21.8. The highest BCUT2D eigenvalue weighted by Gasteiger charge is 2.35. The third kappa shape index (κ3) is 3.61. The molecule has 0 radical (unpaired) electrons. The molecule has 0 bridgehead atoms. The number of hydrogen-bond donors (Lipinski definition) is 1. The molecule has 20 heavy (non-hydrogen) atoms. The van der Waals surface area contributed by atoms with Gasteiger partial charge in [-0.25, -0.2) is 0 Å². The van der Waals surface area contributed by atoms with Gasteiger partial charge in [-0.3, -0.25) is 4.79 Å². The second-order valence-corrected chi connectivity index (χ2v) is 7.06. The molecule has 2 rings (SSSR count). The zero-order valence-corrected chi connectivity index (χ0v) is 13.8. The van der Waals surface area contributed by atoms with Gasteiger partial charge in [0.1, 0.15) is 0 Å². The molecule has 1 aliphatic heterocycles. The van der Waals surface area contributed by atoms with Gasteiger partial charge in [-0.2, -0.15) is 0 Å². The Balaban J connectivity index is 1.97. The van der Waals surface area contributed by atoms with Crippen LogP contribution in [0.2, 0.25) is 0 Å². The Hall–Kier alpha value is -0.870. The van der Waals surface area contributed by atoms with Gasteiger partial charge in [0.05, 0.1) is 0 Å². The van der Waals surface area contributed by atoms with Crippen molar-refractivity contribution in [3.8, 4) is 0 Å². The number of piperidine rings is 1. The lowest BCUT2D eigenvalue weighted by molar-refractivity contribution is -0.138. The van der Waals surface area contributed by atoms with Gasteiger partial charge in [0.15, 0.2) is 0 Å². The average Bonchev–Trinajstić information content (AvgIpc) is 2.36. The topological polar surface area (TPSA) is 46.3 Å². The van der Waals surface area contributed by atoms with Crippen molar-refractivity contribution in [1.82, 2.24) is 4.90 Å². The van der Waals surface area contributed by atoms with Crippen molar-refractivity contribution >= 4 is 21.8 Å². The molecule has 1 unspecified atom stereocenters. The Morgan fingerprint density at radius 2 is 2.15 bits per heavy atom. The van der Waals surface area contributed by atoms with E-state index in [4.69, 9.17) is 5.73 Å². The number of carbonyl (C=O) groups is 1. The zero-order chi connectivity index (χ0) is 14.8. The van der Waals surface area contributed by atoms with E-state index in [0.29, 0.717) is 6.42 Å². The molecule has 1 atom stereocenters. The van der Waals surface area contributed by atoms with Crippen LogP contribution in [-0.2, 0) is 11.2 Å². The van der Waals surface area contributed by atoms with Crippen LogP contribution in [0.1, 0.15) is 38.7 Å². The molecule has 4 heteroatoms. The van der Waals surface area contributed by atoms with Crippen molar-refractivity contribution in [2.75, 3.05) is 6.54 Å². The van der Waals surface area contributed by atoms with Gasteiger partial charge >= 0.3 is 0 Å².